The highest BCUT2D eigenvalue weighted by Gasteiger charge is 2.66. The van der Waals surface area contributed by atoms with Crippen molar-refractivity contribution in [2.45, 2.75) is 18.6 Å². The van der Waals surface area contributed by atoms with Crippen LogP contribution >= 0.6 is 0 Å². The van der Waals surface area contributed by atoms with Crippen LogP contribution in [-0.2, 0) is 19.1 Å². The highest BCUT2D eigenvalue weighted by atomic mass is 16.5. The van der Waals surface area contributed by atoms with Crippen LogP contribution in [0.3, 0.4) is 0 Å². The number of rotatable bonds is 2. The van der Waals surface area contributed by atoms with Crippen molar-refractivity contribution >= 4 is 23.5 Å². The summed E-state index contributed by atoms with van der Waals surface area (Å²) in [6.45, 7) is 1.83. The summed E-state index contributed by atoms with van der Waals surface area (Å²) in [6, 6.07) is 6.35. The van der Waals surface area contributed by atoms with Crippen molar-refractivity contribution < 1.29 is 23.9 Å². The Bertz CT molecular complexity index is 770. The normalized spacial score (nSPS) is 34.2. The van der Waals surface area contributed by atoms with E-state index >= 15 is 0 Å². The molecule has 1 aromatic carbocycles. The fourth-order valence-electron chi connectivity index (χ4n) is 3.80. The van der Waals surface area contributed by atoms with Crippen molar-refractivity contribution in [2.24, 2.45) is 11.8 Å². The van der Waals surface area contributed by atoms with Gasteiger partial charge in [-0.3, -0.25) is 9.59 Å². The van der Waals surface area contributed by atoms with Crippen LogP contribution in [0.2, 0.25) is 0 Å². The Labute approximate surface area is 132 Å². The summed E-state index contributed by atoms with van der Waals surface area (Å²) in [6.07, 6.45) is 3.36. The first-order valence-electron chi connectivity index (χ1n) is 7.39. The number of amides is 2. The minimum atomic E-state index is -0.725. The van der Waals surface area contributed by atoms with E-state index in [4.69, 9.17) is 4.74 Å². The number of esters is 1. The van der Waals surface area contributed by atoms with E-state index < -0.39 is 23.4 Å². The standard InChI is InChI=1S/C17H15NO5/c1-17-7-6-11(23-17)12-13(17)15(20)18(14(12)19)10-5-3-4-9(8-10)16(21)22-2/h3-8,11-13H,1-2H3/t11-,12-,13+,17-/m1/s1. The Morgan fingerprint density at radius 1 is 1.30 bits per heavy atom. The summed E-state index contributed by atoms with van der Waals surface area (Å²) in [5.41, 5.74) is -0.0388. The van der Waals surface area contributed by atoms with Crippen LogP contribution < -0.4 is 4.90 Å². The lowest BCUT2D eigenvalue weighted by molar-refractivity contribution is -0.126. The minimum absolute atomic E-state index is 0.278. The lowest BCUT2D eigenvalue weighted by atomic mass is 9.78. The molecule has 2 amide bonds. The van der Waals surface area contributed by atoms with Gasteiger partial charge in [-0.05, 0) is 25.1 Å². The van der Waals surface area contributed by atoms with Gasteiger partial charge >= 0.3 is 5.97 Å². The van der Waals surface area contributed by atoms with E-state index in [2.05, 4.69) is 4.74 Å². The smallest absolute Gasteiger partial charge is 0.337 e. The second-order valence-corrected chi connectivity index (χ2v) is 6.18. The summed E-state index contributed by atoms with van der Waals surface area (Å²) in [4.78, 5) is 38.4. The summed E-state index contributed by atoms with van der Waals surface area (Å²) in [5, 5.41) is 0. The van der Waals surface area contributed by atoms with Gasteiger partial charge in [0.05, 0.1) is 41.9 Å². The van der Waals surface area contributed by atoms with Crippen molar-refractivity contribution in [1.82, 2.24) is 0 Å². The summed E-state index contributed by atoms with van der Waals surface area (Å²) >= 11 is 0. The van der Waals surface area contributed by atoms with E-state index in [-0.39, 0.29) is 17.9 Å². The van der Waals surface area contributed by atoms with Crippen molar-refractivity contribution in [1.29, 1.82) is 0 Å². The third-order valence-corrected chi connectivity index (χ3v) is 4.85. The number of carbonyl (C=O) groups is 3. The number of hydrogen-bond donors (Lipinski definition) is 0. The third kappa shape index (κ3) is 1.75. The second kappa shape index (κ2) is 4.52. The topological polar surface area (TPSA) is 72.9 Å². The molecule has 23 heavy (non-hydrogen) atoms. The van der Waals surface area contributed by atoms with Gasteiger partial charge in [0, 0.05) is 0 Å². The van der Waals surface area contributed by atoms with Crippen LogP contribution in [0.4, 0.5) is 5.69 Å². The predicted molar refractivity (Wildman–Crippen MR) is 79.7 cm³/mol. The molecule has 3 aliphatic rings. The third-order valence-electron chi connectivity index (χ3n) is 4.85. The van der Waals surface area contributed by atoms with Gasteiger partial charge in [0.15, 0.2) is 0 Å². The van der Waals surface area contributed by atoms with Crippen LogP contribution in [0.15, 0.2) is 36.4 Å². The van der Waals surface area contributed by atoms with Crippen LogP contribution in [-0.4, -0.2) is 36.6 Å². The molecule has 0 aliphatic carbocycles. The number of imide groups is 1. The predicted octanol–water partition coefficient (Wildman–Crippen LogP) is 1.31. The van der Waals surface area contributed by atoms with Crippen LogP contribution in [0.1, 0.15) is 17.3 Å². The molecular formula is C17H15NO5. The number of ether oxygens (including phenoxy) is 2. The quantitative estimate of drug-likeness (QED) is 0.467. The molecule has 3 aliphatic heterocycles. The van der Waals surface area contributed by atoms with Crippen molar-refractivity contribution in [2.75, 3.05) is 12.0 Å². The Hall–Kier alpha value is -2.47. The van der Waals surface area contributed by atoms with E-state index in [1.165, 1.54) is 18.1 Å². The van der Waals surface area contributed by atoms with Crippen LogP contribution in [0.5, 0.6) is 0 Å². The fourth-order valence-corrected chi connectivity index (χ4v) is 3.80. The first-order valence-corrected chi connectivity index (χ1v) is 7.39. The van der Waals surface area contributed by atoms with Gasteiger partial charge in [-0.2, -0.15) is 0 Å². The Kier molecular flexibility index (Phi) is 2.78. The molecule has 3 heterocycles. The highest BCUT2D eigenvalue weighted by molar-refractivity contribution is 6.23. The molecule has 0 unspecified atom stereocenters. The van der Waals surface area contributed by atoms with Gasteiger partial charge in [0.1, 0.15) is 0 Å². The average molecular weight is 313 g/mol. The number of nitrogens with zero attached hydrogens (tertiary/aromatic N) is 1. The number of fused-ring (bicyclic) bond motifs is 5. The fraction of sp³-hybridized carbons (Fsp3) is 0.353. The van der Waals surface area contributed by atoms with Crippen molar-refractivity contribution in [3.63, 3.8) is 0 Å². The van der Waals surface area contributed by atoms with E-state index in [0.29, 0.717) is 11.3 Å². The summed E-state index contributed by atoms with van der Waals surface area (Å²) in [7, 11) is 1.28. The highest BCUT2D eigenvalue weighted by Crippen LogP contribution is 2.52. The molecule has 2 saturated heterocycles. The lowest BCUT2D eigenvalue weighted by Gasteiger charge is -2.24. The molecule has 0 spiro atoms. The van der Waals surface area contributed by atoms with Gasteiger partial charge in [0.2, 0.25) is 11.8 Å². The maximum Gasteiger partial charge on any atom is 0.337 e. The van der Waals surface area contributed by atoms with Gasteiger partial charge in [0.25, 0.3) is 0 Å². The molecule has 2 fully saturated rings. The van der Waals surface area contributed by atoms with E-state index in [0.717, 1.165) is 0 Å². The molecule has 2 bridgehead atoms. The zero-order valence-corrected chi connectivity index (χ0v) is 12.7. The molecule has 0 radical (unpaired) electrons. The van der Waals surface area contributed by atoms with E-state index in [1.54, 1.807) is 18.2 Å². The first kappa shape index (κ1) is 14.1. The molecule has 0 saturated carbocycles. The number of hydrogen-bond acceptors (Lipinski definition) is 5. The Morgan fingerprint density at radius 2 is 2.09 bits per heavy atom. The Morgan fingerprint density at radius 3 is 2.78 bits per heavy atom. The van der Waals surface area contributed by atoms with Gasteiger partial charge < -0.3 is 9.47 Å². The maximum absolute atomic E-state index is 12.8. The van der Waals surface area contributed by atoms with Crippen molar-refractivity contribution in [3.8, 4) is 0 Å². The molecule has 0 aromatic heterocycles. The molecule has 1 aromatic rings. The van der Waals surface area contributed by atoms with Gasteiger partial charge in [-0.1, -0.05) is 18.2 Å². The zero-order chi connectivity index (χ0) is 16.4. The Balaban J connectivity index is 1.73. The van der Waals surface area contributed by atoms with Gasteiger partial charge in [-0.25, -0.2) is 9.69 Å². The maximum atomic E-state index is 12.8. The summed E-state index contributed by atoms with van der Waals surface area (Å²) in [5.74, 6) is -2.06. The SMILES string of the molecule is COC(=O)c1cccc(N2C(=O)[C@H]3[C@@H](C2=O)[C@@]2(C)C=C[C@H]3O2)c1. The largest absolute Gasteiger partial charge is 0.465 e. The number of methoxy groups -OCH3 is 1. The first-order chi connectivity index (χ1) is 11.0. The number of anilines is 1. The molecule has 118 valence electrons. The molecule has 4 rings (SSSR count). The molecule has 0 N–H and O–H groups in total. The number of benzene rings is 1. The zero-order valence-electron chi connectivity index (χ0n) is 12.7. The van der Waals surface area contributed by atoms with Crippen molar-refractivity contribution in [3.05, 3.63) is 42.0 Å². The van der Waals surface area contributed by atoms with Crippen LogP contribution in [0, 0.1) is 11.8 Å². The van der Waals surface area contributed by atoms with E-state index in [1.807, 2.05) is 19.1 Å². The molecule has 6 heteroatoms. The van der Waals surface area contributed by atoms with Gasteiger partial charge in [-0.15, -0.1) is 0 Å². The molecule has 6 nitrogen and oxygen atoms in total. The monoisotopic (exact) mass is 313 g/mol. The molecule has 4 atom stereocenters. The minimum Gasteiger partial charge on any atom is -0.465 e. The summed E-state index contributed by atoms with van der Waals surface area (Å²) < 4.78 is 10.5. The average Bonchev–Trinajstić information content (AvgIpc) is 3.15. The van der Waals surface area contributed by atoms with E-state index in [9.17, 15) is 14.4 Å². The second-order valence-electron chi connectivity index (χ2n) is 6.18. The lowest BCUT2D eigenvalue weighted by Crippen LogP contribution is -2.38. The molecular weight excluding hydrogens is 298 g/mol. The van der Waals surface area contributed by atoms with Crippen LogP contribution in [0.25, 0.3) is 0 Å². The number of carbonyl (C=O) groups excluding carboxylic acids is 3.